The quantitative estimate of drug-likeness (QED) is 0.0375. The number of nitrogens with zero attached hydrogens (tertiary/aromatic N) is 1. The minimum Gasteiger partial charge on any atom is -0.481 e. The molecule has 7 heteroatoms. The molecule has 0 aromatic heterocycles. The second-order valence-corrected chi connectivity index (χ2v) is 13.6. The number of quaternary nitrogens is 1. The van der Waals surface area contributed by atoms with Gasteiger partial charge in [0.2, 0.25) is 0 Å². The van der Waals surface area contributed by atoms with E-state index < -0.39 is 35.7 Å². The Labute approximate surface area is 276 Å². The van der Waals surface area contributed by atoms with E-state index in [0.29, 0.717) is 32.2 Å². The molecule has 0 fully saturated rings. The van der Waals surface area contributed by atoms with Gasteiger partial charge in [-0.25, -0.2) is 0 Å². The van der Waals surface area contributed by atoms with E-state index in [1.807, 2.05) is 20.8 Å². The number of aliphatic carboxylic acids is 3. The molecule has 0 radical (unpaired) electrons. The van der Waals surface area contributed by atoms with E-state index in [9.17, 15) is 29.7 Å². The maximum Gasteiger partial charge on any atom is 0.312 e. The van der Waals surface area contributed by atoms with Gasteiger partial charge in [0.15, 0.2) is 0 Å². The molecule has 7 nitrogen and oxygen atoms in total. The third kappa shape index (κ3) is 22.3. The third-order valence-electron chi connectivity index (χ3n) is 9.76. The molecule has 0 aliphatic rings. The number of carboxylic acids is 3. The molecule has 0 aromatic carbocycles. The summed E-state index contributed by atoms with van der Waals surface area (Å²) in [5.74, 6) is -4.62. The van der Waals surface area contributed by atoms with Crippen LogP contribution in [0.5, 0.6) is 0 Å². The number of unbranched alkanes of at least 4 members (excludes halogenated alkanes) is 17. The van der Waals surface area contributed by atoms with Gasteiger partial charge in [-0.15, -0.1) is 0 Å². The normalized spacial score (nSPS) is 15.1. The lowest BCUT2D eigenvalue weighted by molar-refractivity contribution is -0.934. The van der Waals surface area contributed by atoms with Crippen molar-refractivity contribution in [3.8, 4) is 0 Å². The van der Waals surface area contributed by atoms with E-state index in [1.165, 1.54) is 103 Å². The second kappa shape index (κ2) is 28.3. The molecule has 0 aliphatic heterocycles. The number of hydrogen-bond donors (Lipinski definition) is 3. The minimum absolute atomic E-state index is 0.212. The Kier molecular flexibility index (Phi) is 27.2. The van der Waals surface area contributed by atoms with Gasteiger partial charge in [0, 0.05) is 6.42 Å². The summed E-state index contributed by atoms with van der Waals surface area (Å²) in [5, 5.41) is 29.5. The van der Waals surface area contributed by atoms with Gasteiger partial charge in [-0.05, 0) is 32.1 Å². The van der Waals surface area contributed by atoms with Crippen LogP contribution in [-0.2, 0) is 14.4 Å². The first kappa shape index (κ1) is 43.1. The highest BCUT2D eigenvalue weighted by molar-refractivity contribution is 5.71. The van der Waals surface area contributed by atoms with Crippen molar-refractivity contribution in [2.24, 2.45) is 17.8 Å². The molecule has 3 N–H and O–H groups in total. The first-order valence-electron chi connectivity index (χ1n) is 18.8. The van der Waals surface area contributed by atoms with Crippen LogP contribution in [0.1, 0.15) is 169 Å². The van der Waals surface area contributed by atoms with Crippen molar-refractivity contribution >= 4 is 17.9 Å². The molecular formula is C38H72NO6+. The van der Waals surface area contributed by atoms with Crippen LogP contribution in [0.2, 0.25) is 0 Å². The Morgan fingerprint density at radius 1 is 0.467 bits per heavy atom. The van der Waals surface area contributed by atoms with Gasteiger partial charge in [-0.1, -0.05) is 143 Å². The van der Waals surface area contributed by atoms with Gasteiger partial charge >= 0.3 is 17.9 Å². The van der Waals surface area contributed by atoms with Crippen LogP contribution >= 0.6 is 0 Å². The Balaban J connectivity index is 4.56. The van der Waals surface area contributed by atoms with Crippen molar-refractivity contribution in [2.45, 2.75) is 169 Å². The van der Waals surface area contributed by atoms with Gasteiger partial charge < -0.3 is 19.8 Å². The fourth-order valence-corrected chi connectivity index (χ4v) is 6.62. The van der Waals surface area contributed by atoms with Crippen LogP contribution in [0.3, 0.4) is 0 Å². The van der Waals surface area contributed by atoms with Crippen LogP contribution in [0, 0.1) is 17.8 Å². The molecule has 0 aliphatic carbocycles. The summed E-state index contributed by atoms with van der Waals surface area (Å²) >= 11 is 0. The Bertz CT molecular complexity index is 722. The highest BCUT2D eigenvalue weighted by Gasteiger charge is 2.40. The summed E-state index contributed by atoms with van der Waals surface area (Å²) in [4.78, 5) is 36.0. The highest BCUT2D eigenvalue weighted by Crippen LogP contribution is 2.25. The van der Waals surface area contributed by atoms with Crippen molar-refractivity contribution < 1.29 is 34.2 Å². The lowest BCUT2D eigenvalue weighted by atomic mass is 9.96. The Hall–Kier alpha value is -1.89. The maximum atomic E-state index is 12.0. The van der Waals surface area contributed by atoms with Gasteiger partial charge in [-0.3, -0.25) is 14.4 Å². The summed E-state index contributed by atoms with van der Waals surface area (Å²) in [7, 11) is 0. The van der Waals surface area contributed by atoms with Gasteiger partial charge in [-0.2, -0.15) is 0 Å². The van der Waals surface area contributed by atoms with E-state index in [-0.39, 0.29) is 24.1 Å². The van der Waals surface area contributed by atoms with E-state index >= 15 is 0 Å². The molecule has 0 saturated heterocycles. The second-order valence-electron chi connectivity index (χ2n) is 13.6. The smallest absolute Gasteiger partial charge is 0.312 e. The van der Waals surface area contributed by atoms with Crippen molar-refractivity contribution in [1.82, 2.24) is 0 Å². The Morgan fingerprint density at radius 2 is 0.756 bits per heavy atom. The first-order chi connectivity index (χ1) is 21.7. The van der Waals surface area contributed by atoms with E-state index in [0.717, 1.165) is 12.8 Å². The molecule has 45 heavy (non-hydrogen) atoms. The zero-order valence-corrected chi connectivity index (χ0v) is 29.8. The summed E-state index contributed by atoms with van der Waals surface area (Å²) in [6, 6.07) is 0. The number of rotatable bonds is 33. The largest absolute Gasteiger partial charge is 0.481 e. The molecule has 0 saturated carbocycles. The van der Waals surface area contributed by atoms with Crippen LogP contribution in [0.25, 0.3) is 0 Å². The fourth-order valence-electron chi connectivity index (χ4n) is 6.62. The maximum absolute atomic E-state index is 12.0. The van der Waals surface area contributed by atoms with E-state index in [4.69, 9.17) is 0 Å². The molecule has 3 atom stereocenters. The Morgan fingerprint density at radius 3 is 1.04 bits per heavy atom. The molecular weight excluding hydrogens is 566 g/mol. The van der Waals surface area contributed by atoms with Crippen LogP contribution < -0.4 is 0 Å². The lowest BCUT2D eigenvalue weighted by Gasteiger charge is -2.43. The highest BCUT2D eigenvalue weighted by atomic mass is 16.4. The summed E-state index contributed by atoms with van der Waals surface area (Å²) in [5.41, 5.74) is 0. The summed E-state index contributed by atoms with van der Waals surface area (Å²) < 4.78 is 0.212. The van der Waals surface area contributed by atoms with Crippen LogP contribution in [0.15, 0.2) is 12.2 Å². The van der Waals surface area contributed by atoms with Crippen molar-refractivity contribution in [3.63, 3.8) is 0 Å². The van der Waals surface area contributed by atoms with Gasteiger partial charge in [0.25, 0.3) is 0 Å². The molecule has 0 heterocycles. The minimum atomic E-state index is -0.902. The molecule has 0 aromatic rings. The van der Waals surface area contributed by atoms with Gasteiger partial charge in [0.05, 0.1) is 26.2 Å². The molecule has 264 valence electrons. The van der Waals surface area contributed by atoms with Gasteiger partial charge in [0.1, 0.15) is 17.8 Å². The zero-order valence-electron chi connectivity index (χ0n) is 29.8. The van der Waals surface area contributed by atoms with Crippen LogP contribution in [-0.4, -0.2) is 63.9 Å². The summed E-state index contributed by atoms with van der Waals surface area (Å²) in [6.45, 7) is 9.08. The lowest BCUT2D eigenvalue weighted by Crippen LogP contribution is -2.58. The van der Waals surface area contributed by atoms with Crippen molar-refractivity contribution in [1.29, 1.82) is 0 Å². The van der Waals surface area contributed by atoms with E-state index in [2.05, 4.69) is 19.1 Å². The molecule has 0 amide bonds. The first-order valence-corrected chi connectivity index (χ1v) is 18.8. The topological polar surface area (TPSA) is 112 Å². The number of carbonyl (C=O) groups is 3. The predicted octanol–water partition coefficient (Wildman–Crippen LogP) is 10.1. The number of allylic oxidation sites excluding steroid dienone is 1. The SMILES string of the molecule is CCCCCCCCCCCCCCCCCCC/C=C/CC[N+](CC(CC)C(=O)O)(CC(CC)C(=O)O)CC(CC)C(=O)O. The molecule has 0 bridgehead atoms. The zero-order chi connectivity index (χ0) is 33.8. The fraction of sp³-hybridized carbons (Fsp3) is 0.868. The van der Waals surface area contributed by atoms with Crippen molar-refractivity contribution in [3.05, 3.63) is 12.2 Å². The molecule has 3 unspecified atom stereocenters. The third-order valence-corrected chi connectivity index (χ3v) is 9.76. The van der Waals surface area contributed by atoms with Crippen molar-refractivity contribution in [2.75, 3.05) is 26.2 Å². The predicted molar refractivity (Wildman–Crippen MR) is 187 cm³/mol. The average molecular weight is 639 g/mol. The molecule has 0 spiro atoms. The summed E-state index contributed by atoms with van der Waals surface area (Å²) in [6.07, 6.45) is 30.4. The van der Waals surface area contributed by atoms with Crippen LogP contribution in [0.4, 0.5) is 0 Å². The standard InChI is InChI=1S/C38H71NO6/c1-5-9-10-11-12-13-14-15-16-17-18-19-20-21-22-23-24-25-26-27-28-29-39(30-33(6-2)36(40)41,31-34(7-3)37(42)43)32-35(8-4)38(44)45/h26-27,33-35H,5-25,28-32H2,1-4H3,(H2-,40,41,42,43,44,45)/p+1/b27-26+. The number of hydrogen-bond acceptors (Lipinski definition) is 3. The average Bonchev–Trinajstić information content (AvgIpc) is 3.01. The number of carboxylic acid groups (broad SMARTS) is 3. The molecule has 0 rings (SSSR count). The monoisotopic (exact) mass is 639 g/mol. The van der Waals surface area contributed by atoms with E-state index in [1.54, 1.807) is 0 Å².